The largest absolute Gasteiger partial charge is 0.507 e. The lowest BCUT2D eigenvalue weighted by atomic mass is 10.1. The summed E-state index contributed by atoms with van der Waals surface area (Å²) in [6.07, 6.45) is 1.65. The average Bonchev–Trinajstić information content (AvgIpc) is 3.12. The van der Waals surface area contributed by atoms with E-state index in [9.17, 15) is 5.11 Å². The first-order chi connectivity index (χ1) is 13.1. The van der Waals surface area contributed by atoms with Crippen LogP contribution in [0, 0.1) is 6.92 Å². The number of aryl methyl sites for hydroxylation is 1. The molecule has 0 bridgehead atoms. The Hall–Kier alpha value is -3.60. The fourth-order valence-corrected chi connectivity index (χ4v) is 2.77. The predicted octanol–water partition coefficient (Wildman–Crippen LogP) is 5.27. The van der Waals surface area contributed by atoms with Gasteiger partial charge in [0.1, 0.15) is 17.0 Å². The summed E-state index contributed by atoms with van der Waals surface area (Å²) in [5, 5.41) is 9.92. The van der Waals surface area contributed by atoms with E-state index >= 15 is 0 Å². The lowest BCUT2D eigenvalue weighted by Gasteiger charge is -2.00. The first kappa shape index (κ1) is 16.8. The Labute approximate surface area is 156 Å². The van der Waals surface area contributed by atoms with E-state index in [4.69, 9.17) is 9.15 Å². The smallest absolute Gasteiger partial charge is 0.227 e. The highest BCUT2D eigenvalue weighted by Gasteiger charge is 2.09. The molecule has 0 amide bonds. The molecule has 3 aromatic carbocycles. The zero-order valence-corrected chi connectivity index (χ0v) is 15.0. The highest BCUT2D eigenvalue weighted by molar-refractivity contribution is 5.87. The number of fused-ring (bicyclic) bond motifs is 1. The van der Waals surface area contributed by atoms with E-state index in [-0.39, 0.29) is 5.75 Å². The molecule has 27 heavy (non-hydrogen) atoms. The first-order valence-electron chi connectivity index (χ1n) is 8.51. The van der Waals surface area contributed by atoms with Crippen molar-refractivity contribution in [2.45, 2.75) is 6.92 Å². The second-order valence-electron chi connectivity index (χ2n) is 6.22. The summed E-state index contributed by atoms with van der Waals surface area (Å²) in [7, 11) is 1.63. The molecule has 1 aromatic heterocycles. The summed E-state index contributed by atoms with van der Waals surface area (Å²) >= 11 is 0. The molecule has 5 nitrogen and oxygen atoms in total. The quantitative estimate of drug-likeness (QED) is 0.505. The van der Waals surface area contributed by atoms with Gasteiger partial charge in [-0.2, -0.15) is 0 Å². The summed E-state index contributed by atoms with van der Waals surface area (Å²) in [5.74, 6) is 1.53. The summed E-state index contributed by atoms with van der Waals surface area (Å²) in [4.78, 5) is 9.01. The number of phenolic OH excluding ortho intramolecular Hbond substituents is 1. The highest BCUT2D eigenvalue weighted by atomic mass is 16.5. The molecule has 0 unspecified atom stereocenters. The molecule has 5 heteroatoms. The van der Waals surface area contributed by atoms with Crippen molar-refractivity contribution in [2.24, 2.45) is 4.99 Å². The Morgan fingerprint density at radius 3 is 2.63 bits per heavy atom. The predicted molar refractivity (Wildman–Crippen MR) is 106 cm³/mol. The maximum atomic E-state index is 9.92. The zero-order valence-electron chi connectivity index (χ0n) is 15.0. The molecule has 0 aliphatic carbocycles. The third kappa shape index (κ3) is 3.53. The second-order valence-corrected chi connectivity index (χ2v) is 6.22. The van der Waals surface area contributed by atoms with Crippen molar-refractivity contribution < 1.29 is 14.3 Å². The van der Waals surface area contributed by atoms with Gasteiger partial charge in [0.25, 0.3) is 0 Å². The Kier molecular flexibility index (Phi) is 4.34. The number of hydrogen-bond acceptors (Lipinski definition) is 5. The molecule has 4 rings (SSSR count). The van der Waals surface area contributed by atoms with Crippen LogP contribution in [0.15, 0.2) is 70.1 Å². The van der Waals surface area contributed by atoms with Crippen LogP contribution in [0.1, 0.15) is 11.1 Å². The molecule has 0 atom stereocenters. The van der Waals surface area contributed by atoms with Gasteiger partial charge in [-0.1, -0.05) is 11.6 Å². The maximum absolute atomic E-state index is 9.92. The number of aromatic hydroxyl groups is 1. The standard InChI is InChI=1S/C22H18N2O3/c1-14-3-9-20(25)16(11-14)13-23-17-6-10-21-19(12-17)24-22(27-21)15-4-7-18(26-2)8-5-15/h3-13,25H,1-2H3. The van der Waals surface area contributed by atoms with Crippen molar-refractivity contribution in [3.05, 3.63) is 71.8 Å². The van der Waals surface area contributed by atoms with Gasteiger partial charge < -0.3 is 14.3 Å². The van der Waals surface area contributed by atoms with Crippen LogP contribution >= 0.6 is 0 Å². The number of rotatable bonds is 4. The minimum Gasteiger partial charge on any atom is -0.507 e. The molecule has 1 N–H and O–H groups in total. The zero-order chi connectivity index (χ0) is 18.8. The van der Waals surface area contributed by atoms with Gasteiger partial charge in [-0.05, 0) is 61.5 Å². The van der Waals surface area contributed by atoms with E-state index in [2.05, 4.69) is 9.98 Å². The fraction of sp³-hybridized carbons (Fsp3) is 0.0909. The number of nitrogens with zero attached hydrogens (tertiary/aromatic N) is 2. The van der Waals surface area contributed by atoms with Crippen molar-refractivity contribution in [1.82, 2.24) is 4.98 Å². The van der Waals surface area contributed by atoms with Crippen molar-refractivity contribution in [3.63, 3.8) is 0 Å². The molecule has 0 spiro atoms. The first-order valence-corrected chi connectivity index (χ1v) is 8.51. The molecule has 0 aliphatic heterocycles. The summed E-state index contributed by atoms with van der Waals surface area (Å²) in [5.41, 5.74) is 4.77. The van der Waals surface area contributed by atoms with Gasteiger partial charge in [-0.15, -0.1) is 0 Å². The van der Waals surface area contributed by atoms with Crippen molar-refractivity contribution in [2.75, 3.05) is 7.11 Å². The van der Waals surface area contributed by atoms with Crippen LogP contribution in [0.4, 0.5) is 5.69 Å². The van der Waals surface area contributed by atoms with Gasteiger partial charge in [-0.25, -0.2) is 4.98 Å². The van der Waals surface area contributed by atoms with Gasteiger partial charge in [-0.3, -0.25) is 4.99 Å². The number of aliphatic imine (C=N–C) groups is 1. The molecule has 0 fully saturated rings. The van der Waals surface area contributed by atoms with E-state index in [1.165, 1.54) is 0 Å². The SMILES string of the molecule is COc1ccc(-c2nc3cc(N=Cc4cc(C)ccc4O)ccc3o2)cc1. The third-order valence-corrected chi connectivity index (χ3v) is 4.24. The number of hydrogen-bond donors (Lipinski definition) is 1. The number of benzene rings is 3. The Balaban J connectivity index is 1.64. The topological polar surface area (TPSA) is 67.9 Å². The number of aromatic nitrogens is 1. The highest BCUT2D eigenvalue weighted by Crippen LogP contribution is 2.28. The van der Waals surface area contributed by atoms with Gasteiger partial charge in [0.15, 0.2) is 5.58 Å². The molecule has 1 heterocycles. The van der Waals surface area contributed by atoms with Crippen LogP contribution in [0.5, 0.6) is 11.5 Å². The van der Waals surface area contributed by atoms with Crippen LogP contribution in [-0.4, -0.2) is 23.4 Å². The lowest BCUT2D eigenvalue weighted by molar-refractivity contribution is 0.415. The van der Waals surface area contributed by atoms with Crippen LogP contribution < -0.4 is 4.74 Å². The third-order valence-electron chi connectivity index (χ3n) is 4.24. The monoisotopic (exact) mass is 358 g/mol. The Morgan fingerprint density at radius 1 is 1.04 bits per heavy atom. The van der Waals surface area contributed by atoms with E-state index in [1.807, 2.05) is 61.5 Å². The normalized spacial score (nSPS) is 11.3. The molecular weight excluding hydrogens is 340 g/mol. The van der Waals surface area contributed by atoms with Crippen LogP contribution in [0.2, 0.25) is 0 Å². The van der Waals surface area contributed by atoms with Crippen LogP contribution in [0.3, 0.4) is 0 Å². The average molecular weight is 358 g/mol. The van der Waals surface area contributed by atoms with Crippen LogP contribution in [-0.2, 0) is 0 Å². The maximum Gasteiger partial charge on any atom is 0.227 e. The summed E-state index contributed by atoms with van der Waals surface area (Å²) in [6, 6.07) is 18.5. The van der Waals surface area contributed by atoms with Crippen LogP contribution in [0.25, 0.3) is 22.6 Å². The second kappa shape index (κ2) is 6.96. The minimum atomic E-state index is 0.202. The molecule has 0 saturated carbocycles. The Morgan fingerprint density at radius 2 is 1.85 bits per heavy atom. The van der Waals surface area contributed by atoms with E-state index < -0.39 is 0 Å². The Bertz CT molecular complexity index is 1130. The lowest BCUT2D eigenvalue weighted by Crippen LogP contribution is -1.83. The van der Waals surface area contributed by atoms with Gasteiger partial charge in [0.2, 0.25) is 5.89 Å². The van der Waals surface area contributed by atoms with E-state index in [0.29, 0.717) is 17.0 Å². The van der Waals surface area contributed by atoms with Gasteiger partial charge in [0, 0.05) is 17.3 Å². The number of ether oxygens (including phenoxy) is 1. The minimum absolute atomic E-state index is 0.202. The number of methoxy groups -OCH3 is 1. The van der Waals surface area contributed by atoms with E-state index in [0.717, 1.165) is 28.1 Å². The summed E-state index contributed by atoms with van der Waals surface area (Å²) < 4.78 is 11.0. The number of oxazole rings is 1. The molecule has 0 aliphatic rings. The number of phenols is 1. The van der Waals surface area contributed by atoms with E-state index in [1.54, 1.807) is 19.4 Å². The molecular formula is C22H18N2O3. The molecule has 0 saturated heterocycles. The van der Waals surface area contributed by atoms with Gasteiger partial charge >= 0.3 is 0 Å². The van der Waals surface area contributed by atoms with Crippen molar-refractivity contribution in [3.8, 4) is 23.0 Å². The van der Waals surface area contributed by atoms with Crippen molar-refractivity contribution in [1.29, 1.82) is 0 Å². The fourth-order valence-electron chi connectivity index (χ4n) is 2.77. The molecule has 0 radical (unpaired) electrons. The van der Waals surface area contributed by atoms with Gasteiger partial charge in [0.05, 0.1) is 12.8 Å². The summed E-state index contributed by atoms with van der Waals surface area (Å²) in [6.45, 7) is 1.97. The molecule has 4 aromatic rings. The molecule has 134 valence electrons. The van der Waals surface area contributed by atoms with Crippen molar-refractivity contribution >= 4 is 23.0 Å².